The molecule has 3 aromatic rings. The predicted molar refractivity (Wildman–Crippen MR) is 113 cm³/mol. The molecule has 2 aromatic heterocycles. The highest BCUT2D eigenvalue weighted by Gasteiger charge is 2.37. The van der Waals surface area contributed by atoms with Crippen molar-refractivity contribution >= 4 is 23.2 Å². The van der Waals surface area contributed by atoms with Crippen LogP contribution in [-0.2, 0) is 6.54 Å². The molecule has 0 saturated carbocycles. The normalized spacial score (nSPS) is 19.7. The fourth-order valence-corrected chi connectivity index (χ4v) is 4.85. The van der Waals surface area contributed by atoms with E-state index in [1.165, 1.54) is 12.1 Å². The van der Waals surface area contributed by atoms with Gasteiger partial charge in [0.1, 0.15) is 5.76 Å². The van der Waals surface area contributed by atoms with Crippen LogP contribution in [0.5, 0.6) is 0 Å². The highest BCUT2D eigenvalue weighted by molar-refractivity contribution is 6.30. The van der Waals surface area contributed by atoms with E-state index in [4.69, 9.17) is 16.0 Å². The Morgan fingerprint density at radius 3 is 2.77 bits per heavy atom. The lowest BCUT2D eigenvalue weighted by Crippen LogP contribution is -2.49. The summed E-state index contributed by atoms with van der Waals surface area (Å²) in [6, 6.07) is 12.7. The number of hydrogen-bond acceptors (Lipinski definition) is 5. The summed E-state index contributed by atoms with van der Waals surface area (Å²) < 4.78 is 7.54. The number of rotatable bonds is 3. The van der Waals surface area contributed by atoms with Crippen molar-refractivity contribution in [3.63, 3.8) is 0 Å². The number of pyridine rings is 1. The zero-order chi connectivity index (χ0) is 21.7. The van der Waals surface area contributed by atoms with Crippen molar-refractivity contribution in [3.8, 4) is 11.3 Å². The number of piperidine rings is 1. The van der Waals surface area contributed by atoms with Crippen LogP contribution in [0.25, 0.3) is 11.3 Å². The van der Waals surface area contributed by atoms with Crippen molar-refractivity contribution < 1.29 is 14.1 Å². The van der Waals surface area contributed by atoms with Crippen molar-refractivity contribution in [2.75, 3.05) is 13.1 Å². The lowest BCUT2D eigenvalue weighted by Gasteiger charge is -2.42. The van der Waals surface area contributed by atoms with E-state index < -0.39 is 4.92 Å². The molecule has 1 saturated heterocycles. The number of halogens is 1. The zero-order valence-electron chi connectivity index (χ0n) is 16.4. The number of fused-ring (bicyclic) bond motifs is 4. The average Bonchev–Trinajstić information content (AvgIpc) is 3.24. The third-order valence-electron chi connectivity index (χ3n) is 6.01. The quantitative estimate of drug-likeness (QED) is 0.455. The van der Waals surface area contributed by atoms with Crippen molar-refractivity contribution in [1.29, 1.82) is 0 Å². The minimum absolute atomic E-state index is 0.00721. The van der Waals surface area contributed by atoms with Crippen LogP contribution in [0.1, 0.15) is 28.6 Å². The van der Waals surface area contributed by atoms with Gasteiger partial charge in [-0.3, -0.25) is 19.7 Å². The van der Waals surface area contributed by atoms with Crippen LogP contribution in [0, 0.1) is 16.0 Å². The summed E-state index contributed by atoms with van der Waals surface area (Å²) in [5.41, 5.74) is 1.03. The second kappa shape index (κ2) is 7.39. The highest BCUT2D eigenvalue weighted by atomic mass is 35.5. The molecule has 31 heavy (non-hydrogen) atoms. The number of benzene rings is 1. The number of amides is 1. The smallest absolute Gasteiger partial charge is 0.289 e. The van der Waals surface area contributed by atoms with E-state index in [0.717, 1.165) is 12.1 Å². The molecule has 0 N–H and O–H groups in total. The van der Waals surface area contributed by atoms with Gasteiger partial charge in [-0.15, -0.1) is 0 Å². The first-order valence-electron chi connectivity index (χ1n) is 9.94. The largest absolute Gasteiger partial charge is 0.451 e. The number of aromatic nitrogens is 1. The van der Waals surface area contributed by atoms with E-state index in [1.807, 2.05) is 10.6 Å². The second-order valence-electron chi connectivity index (χ2n) is 7.99. The van der Waals surface area contributed by atoms with Gasteiger partial charge in [0.25, 0.3) is 17.2 Å². The van der Waals surface area contributed by atoms with Gasteiger partial charge in [0.2, 0.25) is 0 Å². The molecule has 2 aliphatic heterocycles. The number of hydrogen-bond donors (Lipinski definition) is 0. The molecule has 1 aromatic carbocycles. The molecule has 2 bridgehead atoms. The van der Waals surface area contributed by atoms with Crippen LogP contribution in [-0.4, -0.2) is 33.4 Å². The van der Waals surface area contributed by atoms with Crippen molar-refractivity contribution in [2.24, 2.45) is 5.92 Å². The Labute approximate surface area is 181 Å². The SMILES string of the molecule is O=C(c1ccc(-c2ccc(Cl)cc2[N+](=O)[O-])o1)N1CC2CC(C1)c1cccc(=O)n1C2. The van der Waals surface area contributed by atoms with Gasteiger partial charge in [0.05, 0.1) is 10.5 Å². The van der Waals surface area contributed by atoms with Crippen LogP contribution in [0.15, 0.2) is 57.7 Å². The summed E-state index contributed by atoms with van der Waals surface area (Å²) in [6.07, 6.45) is 0.938. The molecule has 1 amide bonds. The van der Waals surface area contributed by atoms with E-state index in [0.29, 0.717) is 19.6 Å². The first-order chi connectivity index (χ1) is 14.9. The number of nitrogens with zero attached hydrogens (tertiary/aromatic N) is 3. The lowest BCUT2D eigenvalue weighted by molar-refractivity contribution is -0.384. The molecule has 2 atom stereocenters. The van der Waals surface area contributed by atoms with Crippen LogP contribution in [0.2, 0.25) is 5.02 Å². The van der Waals surface area contributed by atoms with Gasteiger partial charge in [-0.2, -0.15) is 0 Å². The minimum atomic E-state index is -0.531. The van der Waals surface area contributed by atoms with E-state index in [2.05, 4.69) is 0 Å². The number of carbonyl (C=O) groups excluding carboxylic acids is 1. The topological polar surface area (TPSA) is 98.6 Å². The summed E-state index contributed by atoms with van der Waals surface area (Å²) in [4.78, 5) is 37.9. The third kappa shape index (κ3) is 3.42. The number of nitro groups is 1. The van der Waals surface area contributed by atoms with Gasteiger partial charge in [0, 0.05) is 48.4 Å². The molecular weight excluding hydrogens is 422 g/mol. The Hall–Kier alpha value is -3.39. The fraction of sp³-hybridized carbons (Fsp3) is 0.273. The van der Waals surface area contributed by atoms with E-state index in [-0.39, 0.29) is 51.1 Å². The van der Waals surface area contributed by atoms with Crippen LogP contribution < -0.4 is 5.56 Å². The third-order valence-corrected chi connectivity index (χ3v) is 6.24. The molecular formula is C22H18ClN3O5. The Kier molecular flexibility index (Phi) is 4.66. The number of carbonyl (C=O) groups is 1. The predicted octanol–water partition coefficient (Wildman–Crippen LogP) is 3.93. The minimum Gasteiger partial charge on any atom is -0.451 e. The Bertz CT molecular complexity index is 1260. The van der Waals surface area contributed by atoms with Gasteiger partial charge >= 0.3 is 0 Å². The summed E-state index contributed by atoms with van der Waals surface area (Å²) in [6.45, 7) is 1.62. The molecule has 4 heterocycles. The number of nitro benzene ring substituents is 1. The summed E-state index contributed by atoms with van der Waals surface area (Å²) in [5.74, 6) is 0.397. The molecule has 0 radical (unpaired) electrons. The summed E-state index contributed by atoms with van der Waals surface area (Å²) >= 11 is 5.88. The van der Waals surface area contributed by atoms with Gasteiger partial charge in [-0.25, -0.2) is 0 Å². The van der Waals surface area contributed by atoms with E-state index in [1.54, 1.807) is 35.2 Å². The molecule has 1 fully saturated rings. The zero-order valence-corrected chi connectivity index (χ0v) is 17.1. The van der Waals surface area contributed by atoms with Crippen LogP contribution in [0.3, 0.4) is 0 Å². The first-order valence-corrected chi connectivity index (χ1v) is 10.3. The molecule has 0 spiro atoms. The van der Waals surface area contributed by atoms with Gasteiger partial charge < -0.3 is 13.9 Å². The van der Waals surface area contributed by atoms with Gasteiger partial charge in [-0.1, -0.05) is 17.7 Å². The van der Waals surface area contributed by atoms with Gasteiger partial charge in [-0.05, 0) is 42.7 Å². The molecule has 2 unspecified atom stereocenters. The lowest BCUT2D eigenvalue weighted by atomic mass is 9.83. The van der Waals surface area contributed by atoms with Crippen molar-refractivity contribution in [1.82, 2.24) is 9.47 Å². The first kappa shape index (κ1) is 19.6. The van der Waals surface area contributed by atoms with Crippen LogP contribution >= 0.6 is 11.6 Å². The summed E-state index contributed by atoms with van der Waals surface area (Å²) in [7, 11) is 0. The number of furan rings is 1. The molecule has 9 heteroatoms. The highest BCUT2D eigenvalue weighted by Crippen LogP contribution is 2.37. The van der Waals surface area contributed by atoms with E-state index >= 15 is 0 Å². The summed E-state index contributed by atoms with van der Waals surface area (Å²) in [5, 5.41) is 11.6. The van der Waals surface area contributed by atoms with Crippen molar-refractivity contribution in [3.05, 3.63) is 85.5 Å². The van der Waals surface area contributed by atoms with Crippen molar-refractivity contribution in [2.45, 2.75) is 18.9 Å². The standard InChI is InChI=1S/C22H18ClN3O5/c23-15-4-5-16(18(9-15)26(29)30)19-6-7-20(31-19)22(28)24-10-13-8-14(12-24)17-2-1-3-21(27)25(17)11-13/h1-7,9,13-14H,8,10-12H2. The monoisotopic (exact) mass is 439 g/mol. The molecule has 5 rings (SSSR count). The van der Waals surface area contributed by atoms with E-state index in [9.17, 15) is 19.7 Å². The Morgan fingerprint density at radius 1 is 1.13 bits per heavy atom. The molecule has 2 aliphatic rings. The molecule has 0 aliphatic carbocycles. The number of likely N-dealkylation sites (tertiary alicyclic amines) is 1. The maximum Gasteiger partial charge on any atom is 0.289 e. The maximum atomic E-state index is 13.1. The average molecular weight is 440 g/mol. The Morgan fingerprint density at radius 2 is 1.97 bits per heavy atom. The molecule has 158 valence electrons. The Balaban J connectivity index is 1.41. The second-order valence-corrected chi connectivity index (χ2v) is 8.43. The van der Waals surface area contributed by atoms with Crippen LogP contribution in [0.4, 0.5) is 5.69 Å². The van der Waals surface area contributed by atoms with Gasteiger partial charge in [0.15, 0.2) is 5.76 Å². The fourth-order valence-electron chi connectivity index (χ4n) is 4.68. The maximum absolute atomic E-state index is 13.1. The molecule has 8 nitrogen and oxygen atoms in total.